The van der Waals surface area contributed by atoms with Crippen LogP contribution in [0.25, 0.3) is 0 Å². The van der Waals surface area contributed by atoms with Crippen molar-refractivity contribution < 1.29 is 56.8 Å². The van der Waals surface area contributed by atoms with Crippen LogP contribution >= 0.6 is 0 Å². The van der Waals surface area contributed by atoms with Crippen LogP contribution in [0.4, 0.5) is 0 Å². The van der Waals surface area contributed by atoms with Crippen molar-refractivity contribution in [1.29, 1.82) is 0 Å². The SMILES string of the molecule is CCCCCCCC/C=C/CCCCCC(=O)O[C@H](COC(=O)CCC/C=C/C/C=C/CCCCCCCCCCC)CO[C@H]1O[C@H](CS(=O)(=O)O)[C@@H](O)C(O)C1O. The van der Waals surface area contributed by atoms with Gasteiger partial charge in [0.2, 0.25) is 0 Å². The number of ether oxygens (including phenoxy) is 4. The first-order valence-electron chi connectivity index (χ1n) is 22.5. The molecule has 1 heterocycles. The van der Waals surface area contributed by atoms with E-state index < -0.39 is 71.2 Å². The van der Waals surface area contributed by atoms with Gasteiger partial charge in [-0.3, -0.25) is 14.1 Å². The summed E-state index contributed by atoms with van der Waals surface area (Å²) in [6, 6.07) is 0. The third kappa shape index (κ3) is 30.0. The minimum absolute atomic E-state index is 0.136. The van der Waals surface area contributed by atoms with Crippen LogP contribution in [0.5, 0.6) is 0 Å². The zero-order chi connectivity index (χ0) is 42.7. The number of hydrogen-bond donors (Lipinski definition) is 4. The zero-order valence-electron chi connectivity index (χ0n) is 35.9. The lowest BCUT2D eigenvalue weighted by atomic mass is 10.00. The lowest BCUT2D eigenvalue weighted by Gasteiger charge is -2.40. The summed E-state index contributed by atoms with van der Waals surface area (Å²) in [6.07, 6.45) is 30.6. The second kappa shape index (κ2) is 35.6. The molecule has 0 radical (unpaired) electrons. The van der Waals surface area contributed by atoms with Crippen molar-refractivity contribution in [1.82, 2.24) is 0 Å². The molecule has 0 spiro atoms. The van der Waals surface area contributed by atoms with Gasteiger partial charge in [0.1, 0.15) is 36.8 Å². The molecule has 4 N–H and O–H groups in total. The molecule has 2 unspecified atom stereocenters. The van der Waals surface area contributed by atoms with Crippen LogP contribution in [-0.2, 0) is 38.7 Å². The van der Waals surface area contributed by atoms with Crippen molar-refractivity contribution in [2.24, 2.45) is 0 Å². The molecule has 13 heteroatoms. The van der Waals surface area contributed by atoms with E-state index in [4.69, 9.17) is 18.9 Å². The maximum Gasteiger partial charge on any atom is 0.306 e. The molecule has 1 fully saturated rings. The summed E-state index contributed by atoms with van der Waals surface area (Å²) < 4.78 is 53.9. The third-order valence-electron chi connectivity index (χ3n) is 10.2. The Morgan fingerprint density at radius 2 is 1.05 bits per heavy atom. The van der Waals surface area contributed by atoms with Crippen molar-refractivity contribution in [3.63, 3.8) is 0 Å². The maximum atomic E-state index is 12.8. The van der Waals surface area contributed by atoms with Crippen LogP contribution in [0.3, 0.4) is 0 Å². The molecule has 1 saturated heterocycles. The van der Waals surface area contributed by atoms with Crippen LogP contribution in [0.1, 0.15) is 181 Å². The minimum atomic E-state index is -4.61. The molecule has 1 rings (SSSR count). The van der Waals surface area contributed by atoms with Gasteiger partial charge in [0, 0.05) is 12.8 Å². The summed E-state index contributed by atoms with van der Waals surface area (Å²) in [6.45, 7) is 3.70. The Morgan fingerprint density at radius 3 is 1.59 bits per heavy atom. The zero-order valence-corrected chi connectivity index (χ0v) is 36.7. The summed E-state index contributed by atoms with van der Waals surface area (Å²) in [5.74, 6) is -2.06. The summed E-state index contributed by atoms with van der Waals surface area (Å²) >= 11 is 0. The van der Waals surface area contributed by atoms with Crippen molar-refractivity contribution in [2.45, 2.75) is 218 Å². The molecule has 1 aliphatic rings. The highest BCUT2D eigenvalue weighted by Crippen LogP contribution is 2.24. The number of esters is 2. The fraction of sp³-hybridized carbons (Fsp3) is 0.822. The Labute approximate surface area is 351 Å². The van der Waals surface area contributed by atoms with Crippen LogP contribution in [0, 0.1) is 0 Å². The molecule has 0 aromatic carbocycles. The fourth-order valence-electron chi connectivity index (χ4n) is 6.65. The van der Waals surface area contributed by atoms with Crippen molar-refractivity contribution >= 4 is 22.1 Å². The number of rotatable bonds is 37. The first-order valence-corrected chi connectivity index (χ1v) is 24.2. The number of unbranched alkanes of at least 4 members (excludes halogenated alkanes) is 19. The van der Waals surface area contributed by atoms with E-state index >= 15 is 0 Å². The van der Waals surface area contributed by atoms with Crippen molar-refractivity contribution in [2.75, 3.05) is 19.0 Å². The number of allylic oxidation sites excluding steroid dienone is 6. The minimum Gasteiger partial charge on any atom is -0.462 e. The van der Waals surface area contributed by atoms with Gasteiger partial charge >= 0.3 is 11.9 Å². The van der Waals surface area contributed by atoms with E-state index in [-0.39, 0.29) is 19.4 Å². The van der Waals surface area contributed by atoms with Gasteiger partial charge in [0.15, 0.2) is 12.4 Å². The van der Waals surface area contributed by atoms with Crippen LogP contribution in [0.15, 0.2) is 36.5 Å². The highest BCUT2D eigenvalue weighted by atomic mass is 32.2. The molecule has 0 bridgehead atoms. The first kappa shape index (κ1) is 53.9. The molecule has 58 heavy (non-hydrogen) atoms. The number of aliphatic hydroxyl groups excluding tert-OH is 3. The predicted octanol–water partition coefficient (Wildman–Crippen LogP) is 9.00. The molecule has 0 aliphatic carbocycles. The van der Waals surface area contributed by atoms with Gasteiger partial charge in [-0.25, -0.2) is 0 Å². The molecular weight excluding hydrogens is 765 g/mol. The molecule has 0 aromatic heterocycles. The van der Waals surface area contributed by atoms with Gasteiger partial charge in [-0.2, -0.15) is 8.42 Å². The van der Waals surface area contributed by atoms with E-state index in [1.807, 2.05) is 6.08 Å². The van der Waals surface area contributed by atoms with Gasteiger partial charge in [0.25, 0.3) is 10.1 Å². The molecule has 338 valence electrons. The van der Waals surface area contributed by atoms with Gasteiger partial charge in [0.05, 0.1) is 6.61 Å². The Bertz CT molecular complexity index is 1220. The second-order valence-electron chi connectivity index (χ2n) is 15.7. The lowest BCUT2D eigenvalue weighted by Crippen LogP contribution is -2.60. The van der Waals surface area contributed by atoms with Crippen LogP contribution in [-0.4, -0.2) is 96.0 Å². The molecule has 0 aromatic rings. The number of aliphatic hydroxyl groups is 3. The van der Waals surface area contributed by atoms with Gasteiger partial charge < -0.3 is 34.3 Å². The summed E-state index contributed by atoms with van der Waals surface area (Å²) in [5.41, 5.74) is 0. The molecule has 12 nitrogen and oxygen atoms in total. The Balaban J connectivity index is 2.49. The number of hydrogen-bond acceptors (Lipinski definition) is 11. The van der Waals surface area contributed by atoms with Crippen LogP contribution in [0.2, 0.25) is 0 Å². The normalized spacial score (nSPS) is 20.7. The monoisotopic (exact) mass is 845 g/mol. The van der Waals surface area contributed by atoms with E-state index in [0.29, 0.717) is 19.3 Å². The Kier molecular flexibility index (Phi) is 33.1. The summed E-state index contributed by atoms with van der Waals surface area (Å²) in [7, 11) is -4.61. The quantitative estimate of drug-likeness (QED) is 0.0202. The summed E-state index contributed by atoms with van der Waals surface area (Å²) in [4.78, 5) is 25.3. The predicted molar refractivity (Wildman–Crippen MR) is 229 cm³/mol. The average molecular weight is 845 g/mol. The average Bonchev–Trinajstić information content (AvgIpc) is 3.18. The standard InChI is InChI=1S/C45H80O12S/c1-3-5-7-9-11-13-15-17-18-19-20-22-23-25-27-29-31-33-40(46)54-35-38(36-55-45-44(50)43(49)42(48)39(57-45)37-58(51,52)53)56-41(47)34-32-30-28-26-24-21-16-14-12-10-8-6-4-2/h20-22,24-25,27,38-39,42-45,48-50H,3-19,23,26,28-37H2,1-2H3,(H,51,52,53)/b22-20+,24-21+,27-25+/t38-,39-,42-,43?,44?,45+/m1/s1. The van der Waals surface area contributed by atoms with E-state index in [9.17, 15) is 37.9 Å². The number of carbonyl (C=O) groups excluding carboxylic acids is 2. The molecule has 6 atom stereocenters. The smallest absolute Gasteiger partial charge is 0.306 e. The highest BCUT2D eigenvalue weighted by Gasteiger charge is 2.46. The molecule has 0 amide bonds. The van der Waals surface area contributed by atoms with Crippen molar-refractivity contribution in [3.8, 4) is 0 Å². The van der Waals surface area contributed by atoms with Gasteiger partial charge in [-0.15, -0.1) is 0 Å². The molecular formula is C45H80O12S. The van der Waals surface area contributed by atoms with Gasteiger partial charge in [-0.1, -0.05) is 140 Å². The lowest BCUT2D eigenvalue weighted by molar-refractivity contribution is -0.297. The second-order valence-corrected chi connectivity index (χ2v) is 17.2. The molecule has 1 aliphatic heterocycles. The first-order chi connectivity index (χ1) is 28.0. The molecule has 0 saturated carbocycles. The van der Waals surface area contributed by atoms with E-state index in [0.717, 1.165) is 38.5 Å². The Hall–Kier alpha value is -2.13. The van der Waals surface area contributed by atoms with Crippen LogP contribution < -0.4 is 0 Å². The number of carbonyl (C=O) groups is 2. The fourth-order valence-corrected chi connectivity index (χ4v) is 7.34. The topological polar surface area (TPSA) is 186 Å². The van der Waals surface area contributed by atoms with E-state index in [1.54, 1.807) is 0 Å². The van der Waals surface area contributed by atoms with Crippen molar-refractivity contribution in [3.05, 3.63) is 36.5 Å². The highest BCUT2D eigenvalue weighted by molar-refractivity contribution is 7.85. The van der Waals surface area contributed by atoms with E-state index in [1.165, 1.54) is 96.3 Å². The Morgan fingerprint density at radius 1 is 0.586 bits per heavy atom. The van der Waals surface area contributed by atoms with E-state index in [2.05, 4.69) is 44.2 Å². The van der Waals surface area contributed by atoms with Gasteiger partial charge in [-0.05, 0) is 64.2 Å². The maximum absolute atomic E-state index is 12.8. The third-order valence-corrected chi connectivity index (χ3v) is 10.9. The summed E-state index contributed by atoms with van der Waals surface area (Å²) in [5, 5.41) is 30.8. The largest absolute Gasteiger partial charge is 0.462 e.